The molecule has 0 aliphatic heterocycles. The standard InChI is InChI=1S/C40H40N8O24S5/c49-7-9-71-30-17-27(31(72-10-8-50)16-26(30)42-44-28-13-21(74(59,60)61)11-18-12-22(75(62,63)64)14-29(51)33(18)28)43-45-34-32(76(65,66)67)15-24-23(37(34)52)5-6-25(38(24)77(68,69)70)41-46-35-36(40(54)55)47-48(39(35)53)19-1-3-20(4-2-19)73(56,57)58/h1-6,11-17,41-47,49-52,68-70H,7-10H2,(H,54,55)(H,56,57,58)(H,59,60,61)(H,62,63,64)(H,65,66,67). The van der Waals surface area contributed by atoms with E-state index in [1.54, 1.807) is 0 Å². The number of H-pyrrole nitrogens is 1. The monoisotopic (exact) mass is 1180 g/mol. The Morgan fingerprint density at radius 2 is 1.06 bits per heavy atom. The molecule has 7 rings (SSSR count). The van der Waals surface area contributed by atoms with E-state index in [0.29, 0.717) is 16.8 Å². The first-order chi connectivity index (χ1) is 35.8. The number of hydrogen-bond donors (Lipinski definition) is 19. The molecule has 19 N–H and O–H groups in total. The van der Waals surface area contributed by atoms with Crippen LogP contribution in [0.3, 0.4) is 0 Å². The van der Waals surface area contributed by atoms with Crippen LogP contribution in [-0.2, 0) is 40.5 Å². The summed E-state index contributed by atoms with van der Waals surface area (Å²) >= 11 is 0. The molecule has 414 valence electrons. The molecule has 77 heavy (non-hydrogen) atoms. The van der Waals surface area contributed by atoms with Crippen LogP contribution in [0.5, 0.6) is 23.0 Å². The number of aliphatic hydroxyl groups is 2. The fourth-order valence-corrected chi connectivity index (χ4v) is 10.4. The number of hydrazine groups is 3. The first-order valence-electron chi connectivity index (χ1n) is 20.8. The zero-order chi connectivity index (χ0) is 56.7. The first kappa shape index (κ1) is 56.8. The molecule has 0 saturated heterocycles. The summed E-state index contributed by atoms with van der Waals surface area (Å²) in [6.45, 7) is -2.11. The summed E-state index contributed by atoms with van der Waals surface area (Å²) in [4.78, 5) is 21.2. The number of phenols is 2. The van der Waals surface area contributed by atoms with Crippen LogP contribution in [0.1, 0.15) is 10.5 Å². The van der Waals surface area contributed by atoms with Gasteiger partial charge in [0.05, 0.1) is 61.2 Å². The van der Waals surface area contributed by atoms with Gasteiger partial charge in [-0.3, -0.25) is 60.7 Å². The average Bonchev–Trinajstić information content (AvgIpc) is 3.67. The molecule has 32 nitrogen and oxygen atoms in total. The third-order valence-electron chi connectivity index (χ3n) is 10.6. The van der Waals surface area contributed by atoms with E-state index in [1.807, 2.05) is 0 Å². The highest BCUT2D eigenvalue weighted by Gasteiger charge is 2.31. The highest BCUT2D eigenvalue weighted by atomic mass is 32.3. The molecule has 1 heterocycles. The van der Waals surface area contributed by atoms with Crippen molar-refractivity contribution < 1.29 is 105 Å². The molecule has 0 fully saturated rings. The van der Waals surface area contributed by atoms with Gasteiger partial charge in [0.15, 0.2) is 11.4 Å². The predicted octanol–water partition coefficient (Wildman–Crippen LogP) is 3.21. The van der Waals surface area contributed by atoms with Crippen molar-refractivity contribution in [3.8, 4) is 28.7 Å². The Morgan fingerprint density at radius 3 is 1.57 bits per heavy atom. The minimum atomic E-state index is -5.51. The number of anilines is 6. The zero-order valence-electron chi connectivity index (χ0n) is 38.1. The number of aliphatic hydroxyl groups excluding tert-OH is 2. The molecule has 0 saturated carbocycles. The van der Waals surface area contributed by atoms with Crippen LogP contribution in [0.15, 0.2) is 108 Å². The number of phenolic OH excluding ortho intramolecular Hbond substituents is 2. The summed E-state index contributed by atoms with van der Waals surface area (Å²) < 4.78 is 180. The molecule has 0 bridgehead atoms. The maximum Gasteiger partial charge on any atom is 0.356 e. The highest BCUT2D eigenvalue weighted by Crippen LogP contribution is 2.54. The summed E-state index contributed by atoms with van der Waals surface area (Å²) in [6.07, 6.45) is 0. The van der Waals surface area contributed by atoms with Crippen LogP contribution >= 0.6 is 10.9 Å². The lowest BCUT2D eigenvalue weighted by molar-refractivity contribution is 0.0690. The number of benzene rings is 6. The van der Waals surface area contributed by atoms with Crippen molar-refractivity contribution in [1.29, 1.82) is 0 Å². The first-order valence-corrected chi connectivity index (χ1v) is 28.0. The number of nitrogens with zero attached hydrogens (tertiary/aromatic N) is 1. The lowest BCUT2D eigenvalue weighted by atomic mass is 10.1. The third kappa shape index (κ3) is 12.2. The van der Waals surface area contributed by atoms with Crippen molar-refractivity contribution in [2.75, 3.05) is 59.0 Å². The number of aromatic carboxylic acids is 1. The average molecular weight is 1180 g/mol. The number of carboxylic acids is 1. The van der Waals surface area contributed by atoms with Crippen LogP contribution in [-0.4, -0.2) is 133 Å². The van der Waals surface area contributed by atoms with Crippen molar-refractivity contribution in [3.63, 3.8) is 0 Å². The van der Waals surface area contributed by atoms with Crippen molar-refractivity contribution in [3.05, 3.63) is 94.9 Å². The van der Waals surface area contributed by atoms with Crippen LogP contribution < -0.4 is 47.6 Å². The van der Waals surface area contributed by atoms with Crippen LogP contribution in [0.4, 0.5) is 34.1 Å². The van der Waals surface area contributed by atoms with Crippen molar-refractivity contribution in [2.45, 2.75) is 24.5 Å². The second-order valence-electron chi connectivity index (χ2n) is 15.6. The largest absolute Gasteiger partial charge is 0.507 e. The van der Waals surface area contributed by atoms with Crippen molar-refractivity contribution in [1.82, 2.24) is 9.78 Å². The molecular weight excluding hydrogens is 1140 g/mol. The van der Waals surface area contributed by atoms with Gasteiger partial charge in [0.25, 0.3) is 46.0 Å². The molecule has 0 aliphatic carbocycles. The van der Waals surface area contributed by atoms with E-state index in [2.05, 4.69) is 37.7 Å². The molecule has 37 heteroatoms. The van der Waals surface area contributed by atoms with Gasteiger partial charge in [0.1, 0.15) is 57.7 Å². The minimum Gasteiger partial charge on any atom is -0.507 e. The van der Waals surface area contributed by atoms with Gasteiger partial charge in [-0.15, -0.1) is 0 Å². The maximum absolute atomic E-state index is 13.5. The Hall–Kier alpha value is -7.89. The molecule has 0 radical (unpaired) electrons. The normalized spacial score (nSPS) is 12.5. The van der Waals surface area contributed by atoms with Gasteiger partial charge >= 0.3 is 5.97 Å². The van der Waals surface area contributed by atoms with E-state index < -0.39 is 159 Å². The summed E-state index contributed by atoms with van der Waals surface area (Å²) in [6, 6.07) is 11.6. The lowest BCUT2D eigenvalue weighted by Gasteiger charge is -2.26. The molecule has 0 atom stereocenters. The van der Waals surface area contributed by atoms with Gasteiger partial charge in [0, 0.05) is 34.4 Å². The van der Waals surface area contributed by atoms with E-state index in [0.717, 1.165) is 66.7 Å². The quantitative estimate of drug-likeness (QED) is 0.0263. The zero-order valence-corrected chi connectivity index (χ0v) is 42.2. The Kier molecular flexibility index (Phi) is 15.7. The molecule has 0 aliphatic rings. The molecule has 6 aromatic carbocycles. The Labute approximate surface area is 433 Å². The Balaban J connectivity index is 1.26. The maximum atomic E-state index is 13.5. The molecule has 7 aromatic rings. The summed E-state index contributed by atoms with van der Waals surface area (Å²) in [7, 11) is -25.2. The number of carbonyl (C=O) groups is 1. The summed E-state index contributed by atoms with van der Waals surface area (Å²) in [5.41, 5.74) is 9.48. The van der Waals surface area contributed by atoms with E-state index in [1.165, 1.54) is 0 Å². The number of fused-ring (bicyclic) bond motifs is 2. The molecular formula is C40H40N8O24S5. The number of aromatic hydroxyl groups is 2. The van der Waals surface area contributed by atoms with Crippen LogP contribution in [0.25, 0.3) is 27.2 Å². The van der Waals surface area contributed by atoms with E-state index in [-0.39, 0.29) is 45.0 Å². The van der Waals surface area contributed by atoms with Crippen LogP contribution in [0, 0.1) is 0 Å². The Morgan fingerprint density at radius 1 is 0.558 bits per heavy atom. The minimum absolute atomic E-state index is 0.141. The summed E-state index contributed by atoms with van der Waals surface area (Å²) in [5, 5.41) is 52.1. The van der Waals surface area contributed by atoms with Gasteiger partial charge in [-0.2, -0.15) is 33.7 Å². The van der Waals surface area contributed by atoms with E-state index in [4.69, 9.17) is 9.47 Å². The number of nitrogens with one attached hydrogen (secondary N) is 7. The third-order valence-corrected chi connectivity index (χ3v) is 15.0. The van der Waals surface area contributed by atoms with Crippen molar-refractivity contribution in [2.24, 2.45) is 0 Å². The number of hydrogen-bond acceptors (Lipinski definition) is 25. The van der Waals surface area contributed by atoms with Crippen molar-refractivity contribution >= 4 is 113 Å². The fraction of sp³-hybridized carbons (Fsp3) is 0.100. The highest BCUT2D eigenvalue weighted by molar-refractivity contribution is 8.19. The molecule has 1 aromatic heterocycles. The topological polar surface area (TPSA) is 525 Å². The van der Waals surface area contributed by atoms with Gasteiger partial charge in [-0.05, 0) is 66.0 Å². The second kappa shape index (κ2) is 21.3. The second-order valence-corrected chi connectivity index (χ2v) is 22.7. The SMILES string of the molecule is O=C(O)c1[nH]n(-c2ccc(S(=O)(=O)O)cc2)c(=O)c1NNc1ccc2c(O)c(NNc3cc(OCCO)c(NNc4cc(S(=O)(=O)O)cc5cc(S(=O)(=O)O)cc(O)c45)cc3OCCO)c(S(=O)(=O)O)cc2c1S(O)(O)O. The lowest BCUT2D eigenvalue weighted by Crippen LogP contribution is -2.21. The van der Waals surface area contributed by atoms with Gasteiger partial charge in [-0.25, -0.2) is 9.48 Å². The number of aromatic nitrogens is 2. The van der Waals surface area contributed by atoms with Crippen LogP contribution in [0.2, 0.25) is 0 Å². The molecule has 0 amide bonds. The predicted molar refractivity (Wildman–Crippen MR) is 271 cm³/mol. The number of aromatic amines is 1. The number of rotatable bonds is 22. The van der Waals surface area contributed by atoms with Gasteiger partial charge in [-0.1, -0.05) is 0 Å². The van der Waals surface area contributed by atoms with E-state index in [9.17, 15) is 101 Å². The molecule has 0 unspecified atom stereocenters. The van der Waals surface area contributed by atoms with Gasteiger partial charge in [0.2, 0.25) is 0 Å². The molecule has 0 spiro atoms. The van der Waals surface area contributed by atoms with Gasteiger partial charge < -0.3 is 48.7 Å². The smallest absolute Gasteiger partial charge is 0.356 e. The number of carboxylic acid groups (broad SMARTS) is 1. The fourth-order valence-electron chi connectivity index (χ4n) is 7.31. The summed E-state index contributed by atoms with van der Waals surface area (Å²) in [5.74, 6) is -4.15. The number of ether oxygens (including phenoxy) is 2. The van der Waals surface area contributed by atoms with E-state index >= 15 is 0 Å². The Bertz CT molecular complexity index is 4030.